The standard InChI is InChI=1S/C15H28N2O3/c1-6-11(2)12(13(18)17-9-7-8-10-17)16-14(19)20-15(3,4)5/h11-12H,6-10H2,1-5H3,(H,16,19)/t11?,12-/m1/s1. The minimum Gasteiger partial charge on any atom is -0.444 e. The number of carbonyl (C=O) groups is 2. The molecule has 1 N–H and O–H groups in total. The third-order valence-electron chi connectivity index (χ3n) is 3.57. The fraction of sp³-hybridized carbons (Fsp3) is 0.867. The number of carbonyl (C=O) groups excluding carboxylic acids is 2. The summed E-state index contributed by atoms with van der Waals surface area (Å²) in [6.07, 6.45) is 2.41. The minimum absolute atomic E-state index is 0.0164. The van der Waals surface area contributed by atoms with E-state index in [0.717, 1.165) is 32.4 Å². The van der Waals surface area contributed by atoms with Gasteiger partial charge < -0.3 is 15.0 Å². The first-order valence-corrected chi connectivity index (χ1v) is 7.53. The summed E-state index contributed by atoms with van der Waals surface area (Å²) in [5.41, 5.74) is -0.555. The monoisotopic (exact) mass is 284 g/mol. The van der Waals surface area contributed by atoms with E-state index >= 15 is 0 Å². The molecule has 1 heterocycles. The van der Waals surface area contributed by atoms with Crippen molar-refractivity contribution >= 4 is 12.0 Å². The lowest BCUT2D eigenvalue weighted by Crippen LogP contribution is -2.52. The Morgan fingerprint density at radius 1 is 1.25 bits per heavy atom. The topological polar surface area (TPSA) is 58.6 Å². The Morgan fingerprint density at radius 3 is 2.25 bits per heavy atom. The Morgan fingerprint density at radius 2 is 1.80 bits per heavy atom. The van der Waals surface area contributed by atoms with Gasteiger partial charge in [0.25, 0.3) is 0 Å². The number of amides is 2. The molecule has 5 heteroatoms. The van der Waals surface area contributed by atoms with E-state index in [4.69, 9.17) is 4.74 Å². The van der Waals surface area contributed by atoms with E-state index < -0.39 is 17.7 Å². The number of ether oxygens (including phenoxy) is 1. The van der Waals surface area contributed by atoms with Crippen LogP contribution in [0.4, 0.5) is 4.79 Å². The van der Waals surface area contributed by atoms with E-state index in [1.165, 1.54) is 0 Å². The van der Waals surface area contributed by atoms with Crippen LogP contribution in [0.3, 0.4) is 0 Å². The van der Waals surface area contributed by atoms with Crippen molar-refractivity contribution in [2.24, 2.45) is 5.92 Å². The molecule has 0 spiro atoms. The Labute approximate surface area is 122 Å². The third-order valence-corrected chi connectivity index (χ3v) is 3.57. The van der Waals surface area contributed by atoms with Crippen LogP contribution in [0.5, 0.6) is 0 Å². The summed E-state index contributed by atoms with van der Waals surface area (Å²) in [5, 5.41) is 2.75. The second-order valence-corrected chi connectivity index (χ2v) is 6.54. The molecule has 0 bridgehead atoms. The van der Waals surface area contributed by atoms with Crippen molar-refractivity contribution in [3.05, 3.63) is 0 Å². The van der Waals surface area contributed by atoms with Gasteiger partial charge in [0.05, 0.1) is 0 Å². The van der Waals surface area contributed by atoms with E-state index in [0.29, 0.717) is 0 Å². The fourth-order valence-corrected chi connectivity index (χ4v) is 2.25. The van der Waals surface area contributed by atoms with Crippen molar-refractivity contribution in [1.29, 1.82) is 0 Å². The molecule has 2 amide bonds. The summed E-state index contributed by atoms with van der Waals surface area (Å²) in [6.45, 7) is 11.0. The van der Waals surface area contributed by atoms with Crippen molar-refractivity contribution in [2.45, 2.75) is 65.5 Å². The third kappa shape index (κ3) is 5.02. The quantitative estimate of drug-likeness (QED) is 0.863. The van der Waals surface area contributed by atoms with Crippen LogP contribution in [0.15, 0.2) is 0 Å². The molecule has 1 saturated heterocycles. The van der Waals surface area contributed by atoms with Gasteiger partial charge in [-0.15, -0.1) is 0 Å². The highest BCUT2D eigenvalue weighted by molar-refractivity contribution is 5.86. The Kier molecular flexibility index (Phi) is 5.84. The van der Waals surface area contributed by atoms with Crippen molar-refractivity contribution in [2.75, 3.05) is 13.1 Å². The van der Waals surface area contributed by atoms with E-state index in [-0.39, 0.29) is 11.8 Å². The first-order valence-electron chi connectivity index (χ1n) is 7.53. The van der Waals surface area contributed by atoms with Crippen molar-refractivity contribution in [1.82, 2.24) is 10.2 Å². The number of alkyl carbamates (subject to hydrolysis) is 1. The van der Waals surface area contributed by atoms with E-state index in [9.17, 15) is 9.59 Å². The maximum absolute atomic E-state index is 12.5. The number of nitrogens with zero attached hydrogens (tertiary/aromatic N) is 1. The number of hydrogen-bond donors (Lipinski definition) is 1. The van der Waals surface area contributed by atoms with Gasteiger partial charge in [-0.3, -0.25) is 4.79 Å². The molecule has 1 unspecified atom stereocenters. The molecule has 1 aliphatic rings. The van der Waals surface area contributed by atoms with Gasteiger partial charge in [0.2, 0.25) is 5.91 Å². The molecule has 1 rings (SSSR count). The summed E-state index contributed by atoms with van der Waals surface area (Å²) < 4.78 is 5.25. The highest BCUT2D eigenvalue weighted by Crippen LogP contribution is 2.16. The molecule has 0 aromatic heterocycles. The molecule has 0 aromatic carbocycles. The first-order chi connectivity index (χ1) is 9.24. The summed E-state index contributed by atoms with van der Waals surface area (Å²) in [4.78, 5) is 26.2. The van der Waals surface area contributed by atoms with Crippen LogP contribution in [0.25, 0.3) is 0 Å². The molecule has 1 aliphatic heterocycles. The van der Waals surface area contributed by atoms with Crippen molar-refractivity contribution in [3.8, 4) is 0 Å². The molecule has 2 atom stereocenters. The zero-order valence-electron chi connectivity index (χ0n) is 13.4. The molecular formula is C15H28N2O3. The summed E-state index contributed by atoms with van der Waals surface area (Å²) in [7, 11) is 0. The van der Waals surface area contributed by atoms with Crippen LogP contribution >= 0.6 is 0 Å². The van der Waals surface area contributed by atoms with Crippen molar-refractivity contribution < 1.29 is 14.3 Å². The van der Waals surface area contributed by atoms with E-state index in [2.05, 4.69) is 5.32 Å². The van der Waals surface area contributed by atoms with Crippen molar-refractivity contribution in [3.63, 3.8) is 0 Å². The summed E-state index contributed by atoms with van der Waals surface area (Å²) in [6, 6.07) is -0.493. The second-order valence-electron chi connectivity index (χ2n) is 6.54. The molecule has 0 radical (unpaired) electrons. The number of hydrogen-bond acceptors (Lipinski definition) is 3. The average Bonchev–Trinajstić information content (AvgIpc) is 2.85. The summed E-state index contributed by atoms with van der Waals surface area (Å²) in [5.74, 6) is 0.110. The van der Waals surface area contributed by atoms with Gasteiger partial charge in [-0.2, -0.15) is 0 Å². The van der Waals surface area contributed by atoms with Gasteiger partial charge >= 0.3 is 6.09 Å². The first kappa shape index (κ1) is 16.8. The average molecular weight is 284 g/mol. The van der Waals surface area contributed by atoms with Crippen LogP contribution < -0.4 is 5.32 Å². The van der Waals surface area contributed by atoms with Crippen LogP contribution in [-0.2, 0) is 9.53 Å². The lowest BCUT2D eigenvalue weighted by atomic mass is 9.98. The molecule has 1 fully saturated rings. The fourth-order valence-electron chi connectivity index (χ4n) is 2.25. The molecule has 0 aromatic rings. The van der Waals surface area contributed by atoms with Crippen LogP contribution in [0, 0.1) is 5.92 Å². The zero-order valence-corrected chi connectivity index (χ0v) is 13.4. The maximum Gasteiger partial charge on any atom is 0.408 e. The predicted octanol–water partition coefficient (Wildman–Crippen LogP) is 2.55. The Balaban J connectivity index is 2.69. The molecule has 116 valence electrons. The van der Waals surface area contributed by atoms with Crippen LogP contribution in [0.1, 0.15) is 53.9 Å². The number of likely N-dealkylation sites (tertiary alicyclic amines) is 1. The number of rotatable bonds is 4. The minimum atomic E-state index is -0.555. The van der Waals surface area contributed by atoms with Gasteiger partial charge in [-0.1, -0.05) is 20.3 Å². The van der Waals surface area contributed by atoms with Crippen LogP contribution in [-0.4, -0.2) is 41.6 Å². The normalized spacial score (nSPS) is 18.6. The molecule has 20 heavy (non-hydrogen) atoms. The van der Waals surface area contributed by atoms with Crippen LogP contribution in [0.2, 0.25) is 0 Å². The second kappa shape index (κ2) is 6.95. The highest BCUT2D eigenvalue weighted by atomic mass is 16.6. The number of nitrogens with one attached hydrogen (secondary N) is 1. The molecule has 0 saturated carbocycles. The van der Waals surface area contributed by atoms with Gasteiger partial charge in [0.1, 0.15) is 11.6 Å². The zero-order chi connectivity index (χ0) is 15.3. The summed E-state index contributed by atoms with van der Waals surface area (Å²) >= 11 is 0. The predicted molar refractivity (Wildman–Crippen MR) is 78.4 cm³/mol. The van der Waals surface area contributed by atoms with E-state index in [1.807, 2.05) is 39.5 Å². The van der Waals surface area contributed by atoms with Gasteiger partial charge in [-0.05, 0) is 39.5 Å². The lowest BCUT2D eigenvalue weighted by molar-refractivity contribution is -0.133. The Bertz CT molecular complexity index is 344. The van der Waals surface area contributed by atoms with Gasteiger partial charge in [0, 0.05) is 13.1 Å². The molecule has 0 aliphatic carbocycles. The SMILES string of the molecule is CCC(C)[C@@H](NC(=O)OC(C)(C)C)C(=O)N1CCCC1. The van der Waals surface area contributed by atoms with Gasteiger partial charge in [0.15, 0.2) is 0 Å². The Hall–Kier alpha value is -1.26. The highest BCUT2D eigenvalue weighted by Gasteiger charge is 2.32. The smallest absolute Gasteiger partial charge is 0.408 e. The maximum atomic E-state index is 12.5. The molecule has 5 nitrogen and oxygen atoms in total. The van der Waals surface area contributed by atoms with E-state index in [1.54, 1.807) is 0 Å². The van der Waals surface area contributed by atoms with Gasteiger partial charge in [-0.25, -0.2) is 4.79 Å². The largest absolute Gasteiger partial charge is 0.444 e. The lowest BCUT2D eigenvalue weighted by Gasteiger charge is -2.29. The molecular weight excluding hydrogens is 256 g/mol.